The molecule has 0 N–H and O–H groups in total. The van der Waals surface area contributed by atoms with E-state index in [1.54, 1.807) is 23.1 Å². The number of rotatable bonds is 3. The average molecular weight is 422 g/mol. The highest BCUT2D eigenvalue weighted by molar-refractivity contribution is 5.94. The Hall–Kier alpha value is -2.94. The fraction of sp³-hybridized carbons (Fsp3) is 0.381. The lowest BCUT2D eigenvalue weighted by atomic mass is 10.1. The lowest BCUT2D eigenvalue weighted by Gasteiger charge is -2.27. The van der Waals surface area contributed by atoms with E-state index >= 15 is 0 Å². The molecule has 2 aliphatic rings. The number of hydrogen-bond donors (Lipinski definition) is 0. The van der Waals surface area contributed by atoms with Crippen LogP contribution in [0.4, 0.5) is 18.9 Å². The molecule has 160 valence electrons. The Morgan fingerprint density at radius 1 is 1.00 bits per heavy atom. The molecule has 9 heteroatoms. The van der Waals surface area contributed by atoms with E-state index in [0.717, 1.165) is 5.56 Å². The first-order valence-corrected chi connectivity index (χ1v) is 9.62. The Morgan fingerprint density at radius 3 is 2.57 bits per heavy atom. The first-order chi connectivity index (χ1) is 14.4. The number of morpholine rings is 1. The van der Waals surface area contributed by atoms with Crippen LogP contribution >= 0.6 is 0 Å². The summed E-state index contributed by atoms with van der Waals surface area (Å²) in [6.07, 6.45) is -4.74. The SMILES string of the molecule is O=C(c1ccc2c(c1)OCCN(c1cccc(OC(F)(F)F)c1)C2)N1CCOCC1. The zero-order valence-corrected chi connectivity index (χ0v) is 16.2. The molecule has 0 aromatic heterocycles. The molecule has 2 aromatic rings. The van der Waals surface area contributed by atoms with Gasteiger partial charge in [0.2, 0.25) is 0 Å². The maximum atomic E-state index is 12.7. The van der Waals surface area contributed by atoms with Gasteiger partial charge < -0.3 is 24.0 Å². The van der Waals surface area contributed by atoms with E-state index in [1.807, 2.05) is 11.0 Å². The van der Waals surface area contributed by atoms with Gasteiger partial charge in [-0.15, -0.1) is 13.2 Å². The van der Waals surface area contributed by atoms with Gasteiger partial charge in [0.05, 0.1) is 19.8 Å². The van der Waals surface area contributed by atoms with Crippen molar-refractivity contribution in [2.24, 2.45) is 0 Å². The number of hydrogen-bond acceptors (Lipinski definition) is 5. The zero-order valence-electron chi connectivity index (χ0n) is 16.2. The number of halogens is 3. The van der Waals surface area contributed by atoms with Gasteiger partial charge in [0.15, 0.2) is 0 Å². The van der Waals surface area contributed by atoms with Crippen molar-refractivity contribution in [3.05, 3.63) is 53.6 Å². The van der Waals surface area contributed by atoms with E-state index in [2.05, 4.69) is 4.74 Å². The minimum absolute atomic E-state index is 0.0668. The maximum Gasteiger partial charge on any atom is 0.573 e. The molecular weight excluding hydrogens is 401 g/mol. The van der Waals surface area contributed by atoms with Crippen molar-refractivity contribution in [3.63, 3.8) is 0 Å². The van der Waals surface area contributed by atoms with Gasteiger partial charge in [-0.3, -0.25) is 4.79 Å². The van der Waals surface area contributed by atoms with E-state index in [4.69, 9.17) is 9.47 Å². The third kappa shape index (κ3) is 4.79. The third-order valence-corrected chi connectivity index (χ3v) is 5.01. The molecular formula is C21H21F3N2O4. The predicted octanol–water partition coefficient (Wildman–Crippen LogP) is 3.46. The summed E-state index contributed by atoms with van der Waals surface area (Å²) in [7, 11) is 0. The summed E-state index contributed by atoms with van der Waals surface area (Å²) in [5, 5.41) is 0. The number of carbonyl (C=O) groups is 1. The molecule has 4 rings (SSSR count). The van der Waals surface area contributed by atoms with Crippen LogP contribution in [-0.2, 0) is 11.3 Å². The molecule has 1 saturated heterocycles. The lowest BCUT2D eigenvalue weighted by molar-refractivity contribution is -0.274. The van der Waals surface area contributed by atoms with Crippen LogP contribution in [0, 0.1) is 0 Å². The molecule has 30 heavy (non-hydrogen) atoms. The summed E-state index contributed by atoms with van der Waals surface area (Å²) in [5.74, 6) is 0.277. The maximum absolute atomic E-state index is 12.7. The Kier molecular flexibility index (Phi) is 5.72. The number of nitrogens with zero attached hydrogens (tertiary/aromatic N) is 2. The summed E-state index contributed by atoms with van der Waals surface area (Å²) < 4.78 is 52.7. The minimum Gasteiger partial charge on any atom is -0.491 e. The topological polar surface area (TPSA) is 51.2 Å². The van der Waals surface area contributed by atoms with Crippen molar-refractivity contribution < 1.29 is 32.2 Å². The van der Waals surface area contributed by atoms with E-state index in [1.165, 1.54) is 18.2 Å². The van der Waals surface area contributed by atoms with Crippen LogP contribution in [0.15, 0.2) is 42.5 Å². The molecule has 0 unspecified atom stereocenters. The molecule has 2 aromatic carbocycles. The van der Waals surface area contributed by atoms with Gasteiger partial charge in [-0.25, -0.2) is 0 Å². The molecule has 1 fully saturated rings. The highest BCUT2D eigenvalue weighted by Crippen LogP contribution is 2.31. The van der Waals surface area contributed by atoms with Gasteiger partial charge in [-0.2, -0.15) is 0 Å². The summed E-state index contributed by atoms with van der Waals surface area (Å²) in [6.45, 7) is 3.43. The number of benzene rings is 2. The Labute approximate surface area is 171 Å². The number of anilines is 1. The Morgan fingerprint density at radius 2 is 1.80 bits per heavy atom. The molecule has 0 aliphatic carbocycles. The quantitative estimate of drug-likeness (QED) is 0.759. The van der Waals surface area contributed by atoms with E-state index in [9.17, 15) is 18.0 Å². The second-order valence-corrected chi connectivity index (χ2v) is 7.04. The second-order valence-electron chi connectivity index (χ2n) is 7.04. The lowest BCUT2D eigenvalue weighted by Crippen LogP contribution is -2.40. The summed E-state index contributed by atoms with van der Waals surface area (Å²) in [6, 6.07) is 11.2. The van der Waals surface area contributed by atoms with E-state index in [0.29, 0.717) is 63.0 Å². The van der Waals surface area contributed by atoms with Gasteiger partial charge in [-0.1, -0.05) is 12.1 Å². The van der Waals surface area contributed by atoms with Crippen molar-refractivity contribution in [2.75, 3.05) is 44.4 Å². The first kappa shape index (κ1) is 20.3. The van der Waals surface area contributed by atoms with Crippen LogP contribution in [0.5, 0.6) is 11.5 Å². The Bertz CT molecular complexity index is 913. The molecule has 0 spiro atoms. The van der Waals surface area contributed by atoms with Gasteiger partial charge in [0.1, 0.15) is 18.1 Å². The van der Waals surface area contributed by atoms with Crippen LogP contribution in [0.2, 0.25) is 0 Å². The van der Waals surface area contributed by atoms with Crippen molar-refractivity contribution >= 4 is 11.6 Å². The van der Waals surface area contributed by atoms with Gasteiger partial charge in [0.25, 0.3) is 5.91 Å². The number of alkyl halides is 3. The Balaban J connectivity index is 1.51. The molecule has 0 radical (unpaired) electrons. The zero-order chi connectivity index (χ0) is 21.1. The van der Waals surface area contributed by atoms with Crippen molar-refractivity contribution in [1.82, 2.24) is 4.90 Å². The molecule has 2 heterocycles. The third-order valence-electron chi connectivity index (χ3n) is 5.01. The van der Waals surface area contributed by atoms with Crippen LogP contribution < -0.4 is 14.4 Å². The highest BCUT2D eigenvalue weighted by atomic mass is 19.4. The average Bonchev–Trinajstić information content (AvgIpc) is 2.95. The predicted molar refractivity (Wildman–Crippen MR) is 103 cm³/mol. The number of ether oxygens (including phenoxy) is 3. The summed E-state index contributed by atoms with van der Waals surface area (Å²) >= 11 is 0. The largest absolute Gasteiger partial charge is 0.573 e. The summed E-state index contributed by atoms with van der Waals surface area (Å²) in [5.41, 5.74) is 2.00. The molecule has 0 atom stereocenters. The van der Waals surface area contributed by atoms with Crippen molar-refractivity contribution in [1.29, 1.82) is 0 Å². The van der Waals surface area contributed by atoms with Crippen LogP contribution in [0.3, 0.4) is 0 Å². The fourth-order valence-corrected chi connectivity index (χ4v) is 3.55. The van der Waals surface area contributed by atoms with Gasteiger partial charge in [0, 0.05) is 42.5 Å². The van der Waals surface area contributed by atoms with Crippen molar-refractivity contribution in [3.8, 4) is 11.5 Å². The van der Waals surface area contributed by atoms with Crippen molar-refractivity contribution in [2.45, 2.75) is 12.9 Å². The molecule has 1 amide bonds. The molecule has 2 aliphatic heterocycles. The monoisotopic (exact) mass is 422 g/mol. The first-order valence-electron chi connectivity index (χ1n) is 9.62. The highest BCUT2D eigenvalue weighted by Gasteiger charge is 2.31. The number of amides is 1. The number of fused-ring (bicyclic) bond motifs is 1. The van der Waals surface area contributed by atoms with E-state index in [-0.39, 0.29) is 11.7 Å². The smallest absolute Gasteiger partial charge is 0.491 e. The fourth-order valence-electron chi connectivity index (χ4n) is 3.55. The van der Waals surface area contributed by atoms with Gasteiger partial charge in [-0.05, 0) is 24.3 Å². The van der Waals surface area contributed by atoms with Crippen LogP contribution in [0.25, 0.3) is 0 Å². The second kappa shape index (κ2) is 8.43. The minimum atomic E-state index is -4.74. The normalized spacial score (nSPS) is 17.0. The molecule has 0 bridgehead atoms. The number of carbonyl (C=O) groups excluding carboxylic acids is 1. The van der Waals surface area contributed by atoms with E-state index < -0.39 is 6.36 Å². The van der Waals surface area contributed by atoms with Crippen LogP contribution in [0.1, 0.15) is 15.9 Å². The van der Waals surface area contributed by atoms with Crippen LogP contribution in [-0.4, -0.2) is 56.6 Å². The standard InChI is InChI=1S/C21H21F3N2O4/c22-21(23,24)30-18-3-1-2-17(13-18)26-8-11-29-19-12-15(4-5-16(19)14-26)20(27)25-6-9-28-10-7-25/h1-5,12-13H,6-11,14H2. The molecule has 6 nitrogen and oxygen atoms in total. The summed E-state index contributed by atoms with van der Waals surface area (Å²) in [4.78, 5) is 16.4. The van der Waals surface area contributed by atoms with Gasteiger partial charge >= 0.3 is 6.36 Å². The molecule has 0 saturated carbocycles.